The van der Waals surface area contributed by atoms with E-state index in [1.807, 2.05) is 0 Å². The number of likely N-dealkylation sites (tertiary alicyclic amines) is 1. The Balaban J connectivity index is 1.39. The first-order valence-corrected chi connectivity index (χ1v) is 8.60. The highest BCUT2D eigenvalue weighted by atomic mass is 32.2. The molecule has 2 aliphatic rings. The first kappa shape index (κ1) is 14.0. The molecule has 3 heterocycles. The number of thioether (sulfide) groups is 1. The van der Waals surface area contributed by atoms with Crippen LogP contribution >= 0.6 is 11.8 Å². The van der Waals surface area contributed by atoms with Crippen LogP contribution in [0.3, 0.4) is 0 Å². The van der Waals surface area contributed by atoms with Gasteiger partial charge in [-0.15, -0.1) is 0 Å². The molecule has 20 heavy (non-hydrogen) atoms. The summed E-state index contributed by atoms with van der Waals surface area (Å²) < 4.78 is 4.93. The maximum Gasteiger partial charge on any atom is 0.254 e. The van der Waals surface area contributed by atoms with Crippen molar-refractivity contribution in [1.82, 2.24) is 10.2 Å². The summed E-state index contributed by atoms with van der Waals surface area (Å²) in [6.45, 7) is 3.17. The first-order valence-electron chi connectivity index (χ1n) is 7.45. The van der Waals surface area contributed by atoms with Crippen LogP contribution in [0, 0.1) is 5.92 Å². The third-order valence-corrected chi connectivity index (χ3v) is 5.55. The highest BCUT2D eigenvalue weighted by Crippen LogP contribution is 2.26. The van der Waals surface area contributed by atoms with Gasteiger partial charge in [-0.05, 0) is 50.1 Å². The molecule has 1 aromatic rings. The Hall–Kier alpha value is -0.940. The summed E-state index contributed by atoms with van der Waals surface area (Å²) >= 11 is 2.08. The lowest BCUT2D eigenvalue weighted by molar-refractivity contribution is 0.0927. The second-order valence-corrected chi connectivity index (χ2v) is 6.87. The van der Waals surface area contributed by atoms with E-state index in [4.69, 9.17) is 4.42 Å². The van der Waals surface area contributed by atoms with Crippen molar-refractivity contribution < 1.29 is 9.21 Å². The molecule has 1 atom stereocenters. The second kappa shape index (κ2) is 6.68. The molecule has 2 fully saturated rings. The summed E-state index contributed by atoms with van der Waals surface area (Å²) in [5.74, 6) is 3.23. The van der Waals surface area contributed by atoms with Gasteiger partial charge in [0.25, 0.3) is 5.91 Å². The molecule has 0 spiro atoms. The Morgan fingerprint density at radius 2 is 2.25 bits per heavy atom. The fourth-order valence-corrected chi connectivity index (χ4v) is 4.32. The van der Waals surface area contributed by atoms with Crippen LogP contribution in [-0.4, -0.2) is 48.0 Å². The Labute approximate surface area is 124 Å². The largest absolute Gasteiger partial charge is 0.472 e. The number of piperidine rings is 1. The molecular weight excluding hydrogens is 272 g/mol. The Kier molecular flexibility index (Phi) is 4.68. The predicted molar refractivity (Wildman–Crippen MR) is 81.1 cm³/mol. The van der Waals surface area contributed by atoms with Crippen molar-refractivity contribution in [2.24, 2.45) is 5.92 Å². The molecule has 0 unspecified atom stereocenters. The summed E-state index contributed by atoms with van der Waals surface area (Å²) in [4.78, 5) is 14.5. The summed E-state index contributed by atoms with van der Waals surface area (Å²) in [5, 5.41) is 3.02. The van der Waals surface area contributed by atoms with Gasteiger partial charge in [0.05, 0.1) is 11.8 Å². The van der Waals surface area contributed by atoms with Crippen molar-refractivity contribution in [3.8, 4) is 0 Å². The summed E-state index contributed by atoms with van der Waals surface area (Å²) in [7, 11) is 0. The molecule has 4 nitrogen and oxygen atoms in total. The minimum absolute atomic E-state index is 0.0200. The monoisotopic (exact) mass is 294 g/mol. The fourth-order valence-electron chi connectivity index (χ4n) is 3.07. The number of amides is 1. The van der Waals surface area contributed by atoms with E-state index in [1.54, 1.807) is 6.07 Å². The van der Waals surface area contributed by atoms with Gasteiger partial charge in [-0.25, -0.2) is 0 Å². The van der Waals surface area contributed by atoms with Gasteiger partial charge < -0.3 is 9.73 Å². The summed E-state index contributed by atoms with van der Waals surface area (Å²) in [6, 6.07) is 2.51. The van der Waals surface area contributed by atoms with Crippen molar-refractivity contribution in [2.75, 3.05) is 31.1 Å². The van der Waals surface area contributed by atoms with E-state index in [1.165, 1.54) is 56.4 Å². The zero-order chi connectivity index (χ0) is 13.8. The van der Waals surface area contributed by atoms with E-state index in [0.29, 0.717) is 11.5 Å². The third kappa shape index (κ3) is 3.38. The van der Waals surface area contributed by atoms with Gasteiger partial charge in [-0.2, -0.15) is 11.8 Å². The molecule has 3 rings (SSSR count). The van der Waals surface area contributed by atoms with Crippen LogP contribution < -0.4 is 5.32 Å². The van der Waals surface area contributed by atoms with Crippen molar-refractivity contribution in [3.05, 3.63) is 24.2 Å². The molecule has 0 saturated carbocycles. The SMILES string of the molecule is O=C(NCC1CCN([C@@H]2CCSC2)CC1)c1ccoc1. The van der Waals surface area contributed by atoms with Gasteiger partial charge in [0.2, 0.25) is 0 Å². The average molecular weight is 294 g/mol. The first-order chi connectivity index (χ1) is 9.83. The lowest BCUT2D eigenvalue weighted by Crippen LogP contribution is -2.43. The van der Waals surface area contributed by atoms with Crippen LogP contribution in [0.15, 0.2) is 23.0 Å². The van der Waals surface area contributed by atoms with Crippen LogP contribution in [0.1, 0.15) is 29.6 Å². The Morgan fingerprint density at radius 3 is 2.90 bits per heavy atom. The van der Waals surface area contributed by atoms with Gasteiger partial charge >= 0.3 is 0 Å². The standard InChI is InChI=1S/C15H22N2O2S/c18-15(13-3-7-19-10-13)16-9-12-1-5-17(6-2-12)14-4-8-20-11-14/h3,7,10,12,14H,1-2,4-6,8-9,11H2,(H,16,18)/t14-/m1/s1. The number of furan rings is 1. The third-order valence-electron chi connectivity index (χ3n) is 4.41. The molecule has 0 aromatic carbocycles. The summed E-state index contributed by atoms with van der Waals surface area (Å²) in [5.41, 5.74) is 0.616. The Morgan fingerprint density at radius 1 is 1.40 bits per heavy atom. The van der Waals surface area contributed by atoms with Crippen LogP contribution in [0.5, 0.6) is 0 Å². The number of nitrogens with zero attached hydrogens (tertiary/aromatic N) is 1. The van der Waals surface area contributed by atoms with Crippen molar-refractivity contribution >= 4 is 17.7 Å². The minimum Gasteiger partial charge on any atom is -0.472 e. The molecule has 1 N–H and O–H groups in total. The Bertz CT molecular complexity index is 421. The molecule has 0 radical (unpaired) electrons. The zero-order valence-electron chi connectivity index (χ0n) is 11.7. The molecular formula is C15H22N2O2S. The molecule has 1 aromatic heterocycles. The number of rotatable bonds is 4. The maximum absolute atomic E-state index is 11.8. The fraction of sp³-hybridized carbons (Fsp3) is 0.667. The topological polar surface area (TPSA) is 45.5 Å². The van der Waals surface area contributed by atoms with Crippen molar-refractivity contribution in [1.29, 1.82) is 0 Å². The number of carbonyl (C=O) groups excluding carboxylic acids is 1. The molecule has 1 amide bonds. The zero-order valence-corrected chi connectivity index (χ0v) is 12.5. The number of nitrogens with one attached hydrogen (secondary N) is 1. The molecule has 110 valence electrons. The highest BCUT2D eigenvalue weighted by molar-refractivity contribution is 7.99. The van der Waals surface area contributed by atoms with Crippen LogP contribution in [0.4, 0.5) is 0 Å². The van der Waals surface area contributed by atoms with Gasteiger partial charge in [0, 0.05) is 18.3 Å². The van der Waals surface area contributed by atoms with Gasteiger partial charge in [-0.1, -0.05) is 0 Å². The summed E-state index contributed by atoms with van der Waals surface area (Å²) in [6.07, 6.45) is 6.79. The quantitative estimate of drug-likeness (QED) is 0.925. The lowest BCUT2D eigenvalue weighted by Gasteiger charge is -2.35. The van der Waals surface area contributed by atoms with E-state index in [2.05, 4.69) is 22.0 Å². The van der Waals surface area contributed by atoms with E-state index in [0.717, 1.165) is 12.6 Å². The molecule has 0 bridgehead atoms. The van der Waals surface area contributed by atoms with Gasteiger partial charge in [0.1, 0.15) is 6.26 Å². The lowest BCUT2D eigenvalue weighted by atomic mass is 9.95. The molecule has 5 heteroatoms. The normalized spacial score (nSPS) is 24.9. The number of carbonyl (C=O) groups is 1. The van der Waals surface area contributed by atoms with E-state index in [-0.39, 0.29) is 5.91 Å². The minimum atomic E-state index is -0.0200. The smallest absolute Gasteiger partial charge is 0.254 e. The number of hydrogen-bond acceptors (Lipinski definition) is 4. The molecule has 2 saturated heterocycles. The van der Waals surface area contributed by atoms with Gasteiger partial charge in [0.15, 0.2) is 0 Å². The predicted octanol–water partition coefficient (Wildman–Crippen LogP) is 2.23. The van der Waals surface area contributed by atoms with Crippen LogP contribution in [-0.2, 0) is 0 Å². The van der Waals surface area contributed by atoms with E-state index in [9.17, 15) is 4.79 Å². The van der Waals surface area contributed by atoms with Crippen molar-refractivity contribution in [3.63, 3.8) is 0 Å². The second-order valence-electron chi connectivity index (χ2n) is 5.72. The van der Waals surface area contributed by atoms with Crippen LogP contribution in [0.25, 0.3) is 0 Å². The maximum atomic E-state index is 11.8. The van der Waals surface area contributed by atoms with E-state index >= 15 is 0 Å². The molecule has 0 aliphatic carbocycles. The van der Waals surface area contributed by atoms with Gasteiger partial charge in [-0.3, -0.25) is 9.69 Å². The van der Waals surface area contributed by atoms with E-state index < -0.39 is 0 Å². The highest BCUT2D eigenvalue weighted by Gasteiger charge is 2.27. The average Bonchev–Trinajstić information content (AvgIpc) is 3.18. The van der Waals surface area contributed by atoms with Crippen LogP contribution in [0.2, 0.25) is 0 Å². The number of hydrogen-bond donors (Lipinski definition) is 1. The van der Waals surface area contributed by atoms with Crippen molar-refractivity contribution in [2.45, 2.75) is 25.3 Å². The molecule has 2 aliphatic heterocycles.